The zero-order chi connectivity index (χ0) is 21.7. The summed E-state index contributed by atoms with van der Waals surface area (Å²) in [5.74, 6) is 0.817. The van der Waals surface area contributed by atoms with Crippen LogP contribution in [0.15, 0.2) is 59.8 Å². The first kappa shape index (κ1) is 22.1. The molecule has 1 N–H and O–H groups in total. The Morgan fingerprint density at radius 1 is 1.07 bits per heavy atom. The molecule has 0 radical (unpaired) electrons. The fraction of sp³-hybridized carbons (Fsp3) is 0.375. The number of rotatable bonds is 7. The molecule has 0 spiro atoms. The van der Waals surface area contributed by atoms with Crippen molar-refractivity contribution in [1.82, 2.24) is 20.1 Å². The molecule has 1 heterocycles. The van der Waals surface area contributed by atoms with Gasteiger partial charge in [-0.05, 0) is 30.4 Å². The van der Waals surface area contributed by atoms with E-state index in [4.69, 9.17) is 0 Å². The van der Waals surface area contributed by atoms with Crippen LogP contribution in [0.4, 0.5) is 0 Å². The quantitative estimate of drug-likeness (QED) is 0.550. The van der Waals surface area contributed by atoms with Crippen molar-refractivity contribution in [2.24, 2.45) is 0 Å². The van der Waals surface area contributed by atoms with E-state index in [1.807, 2.05) is 32.0 Å². The van der Waals surface area contributed by atoms with Gasteiger partial charge in [-0.2, -0.15) is 0 Å². The summed E-state index contributed by atoms with van der Waals surface area (Å²) < 4.78 is 2.10. The minimum atomic E-state index is -0.250. The first-order valence-corrected chi connectivity index (χ1v) is 11.2. The zero-order valence-corrected chi connectivity index (χ0v) is 19.2. The number of amides is 1. The minimum absolute atomic E-state index is 0.00726. The van der Waals surface area contributed by atoms with Crippen molar-refractivity contribution in [2.45, 2.75) is 57.0 Å². The fourth-order valence-corrected chi connectivity index (χ4v) is 4.02. The van der Waals surface area contributed by atoms with Crippen molar-refractivity contribution >= 4 is 17.7 Å². The molecule has 1 aromatic heterocycles. The van der Waals surface area contributed by atoms with Crippen molar-refractivity contribution in [3.8, 4) is 11.4 Å². The molecule has 5 nitrogen and oxygen atoms in total. The van der Waals surface area contributed by atoms with Crippen molar-refractivity contribution in [2.75, 3.05) is 6.54 Å². The third kappa shape index (κ3) is 5.30. The SMILES string of the molecule is CCNC(=O)C(C)Sc1nnc(-c2ccc(C(C)(C)C)cc2)n1Cc1ccccc1. The van der Waals surface area contributed by atoms with Gasteiger partial charge in [0.25, 0.3) is 0 Å². The third-order valence-electron chi connectivity index (χ3n) is 4.91. The number of carbonyl (C=O) groups is 1. The molecular weight excluding hydrogens is 392 g/mol. The molecule has 2 aromatic carbocycles. The molecule has 0 aliphatic heterocycles. The summed E-state index contributed by atoms with van der Waals surface area (Å²) in [5, 5.41) is 12.3. The second-order valence-corrected chi connectivity index (χ2v) is 9.67. The highest BCUT2D eigenvalue weighted by atomic mass is 32.2. The third-order valence-corrected chi connectivity index (χ3v) is 5.99. The molecule has 3 aromatic rings. The maximum atomic E-state index is 12.2. The summed E-state index contributed by atoms with van der Waals surface area (Å²) in [4.78, 5) is 12.2. The molecular formula is C24H30N4OS. The van der Waals surface area contributed by atoms with Crippen LogP contribution in [-0.4, -0.2) is 32.5 Å². The van der Waals surface area contributed by atoms with E-state index in [0.717, 1.165) is 22.1 Å². The number of hydrogen-bond donors (Lipinski definition) is 1. The highest BCUT2D eigenvalue weighted by Crippen LogP contribution is 2.30. The summed E-state index contributed by atoms with van der Waals surface area (Å²) in [6.45, 7) is 11.7. The van der Waals surface area contributed by atoms with E-state index >= 15 is 0 Å². The molecule has 3 rings (SSSR count). The lowest BCUT2D eigenvalue weighted by Crippen LogP contribution is -2.30. The molecule has 0 bridgehead atoms. The van der Waals surface area contributed by atoms with E-state index in [-0.39, 0.29) is 16.6 Å². The van der Waals surface area contributed by atoms with E-state index in [2.05, 4.69) is 77.3 Å². The standard InChI is InChI=1S/C24H30N4OS/c1-6-25-22(29)17(2)30-23-27-26-21(28(23)16-18-10-8-7-9-11-18)19-12-14-20(15-13-19)24(3,4)5/h7-15,17H,6,16H2,1-5H3,(H,25,29). The number of nitrogens with one attached hydrogen (secondary N) is 1. The van der Waals surface area contributed by atoms with Crippen LogP contribution in [-0.2, 0) is 16.8 Å². The highest BCUT2D eigenvalue weighted by Gasteiger charge is 2.21. The Morgan fingerprint density at radius 2 is 1.73 bits per heavy atom. The van der Waals surface area contributed by atoms with Crippen LogP contribution >= 0.6 is 11.8 Å². The van der Waals surface area contributed by atoms with Gasteiger partial charge in [-0.15, -0.1) is 10.2 Å². The van der Waals surface area contributed by atoms with Crippen molar-refractivity contribution in [3.05, 3.63) is 65.7 Å². The average molecular weight is 423 g/mol. The molecule has 158 valence electrons. The van der Waals surface area contributed by atoms with Crippen LogP contribution in [0.3, 0.4) is 0 Å². The lowest BCUT2D eigenvalue weighted by Gasteiger charge is -2.19. The Kier molecular flexibility index (Phi) is 6.98. The molecule has 30 heavy (non-hydrogen) atoms. The number of carbonyl (C=O) groups excluding carboxylic acids is 1. The molecule has 0 fully saturated rings. The van der Waals surface area contributed by atoms with Gasteiger partial charge >= 0.3 is 0 Å². The molecule has 1 unspecified atom stereocenters. The Morgan fingerprint density at radius 3 is 2.33 bits per heavy atom. The molecule has 1 atom stereocenters. The zero-order valence-electron chi connectivity index (χ0n) is 18.3. The number of nitrogens with zero attached hydrogens (tertiary/aromatic N) is 3. The predicted molar refractivity (Wildman–Crippen MR) is 124 cm³/mol. The van der Waals surface area contributed by atoms with Crippen LogP contribution < -0.4 is 5.32 Å². The van der Waals surface area contributed by atoms with Gasteiger partial charge in [-0.3, -0.25) is 9.36 Å². The van der Waals surface area contributed by atoms with Crippen molar-refractivity contribution < 1.29 is 4.79 Å². The first-order valence-electron chi connectivity index (χ1n) is 10.3. The predicted octanol–water partition coefficient (Wildman–Crippen LogP) is 4.91. The second kappa shape index (κ2) is 9.47. The van der Waals surface area contributed by atoms with Crippen molar-refractivity contribution in [1.29, 1.82) is 0 Å². The molecule has 0 aliphatic rings. The average Bonchev–Trinajstić information content (AvgIpc) is 3.10. The smallest absolute Gasteiger partial charge is 0.233 e. The lowest BCUT2D eigenvalue weighted by atomic mass is 9.87. The van der Waals surface area contributed by atoms with Crippen molar-refractivity contribution in [3.63, 3.8) is 0 Å². The summed E-state index contributed by atoms with van der Waals surface area (Å²) in [6, 6.07) is 18.8. The normalized spacial score (nSPS) is 12.6. The van der Waals surface area contributed by atoms with E-state index in [0.29, 0.717) is 13.1 Å². The summed E-state index contributed by atoms with van der Waals surface area (Å²) in [6.07, 6.45) is 0. The molecule has 0 saturated carbocycles. The Labute approximate surface area is 183 Å². The van der Waals surface area contributed by atoms with E-state index in [1.165, 1.54) is 17.3 Å². The van der Waals surface area contributed by atoms with Gasteiger partial charge in [0.15, 0.2) is 11.0 Å². The van der Waals surface area contributed by atoms with Crippen LogP contribution in [0.25, 0.3) is 11.4 Å². The Balaban J connectivity index is 1.96. The number of hydrogen-bond acceptors (Lipinski definition) is 4. The van der Waals surface area contributed by atoms with Crippen LogP contribution in [0.5, 0.6) is 0 Å². The van der Waals surface area contributed by atoms with Gasteiger partial charge in [-0.25, -0.2) is 0 Å². The highest BCUT2D eigenvalue weighted by molar-refractivity contribution is 8.00. The van der Waals surface area contributed by atoms with Crippen LogP contribution in [0.1, 0.15) is 45.7 Å². The van der Waals surface area contributed by atoms with E-state index < -0.39 is 0 Å². The molecule has 6 heteroatoms. The van der Waals surface area contributed by atoms with E-state index in [1.54, 1.807) is 0 Å². The first-order chi connectivity index (χ1) is 14.3. The molecule has 0 aliphatic carbocycles. The summed E-state index contributed by atoms with van der Waals surface area (Å²) in [7, 11) is 0. The maximum Gasteiger partial charge on any atom is 0.233 e. The monoisotopic (exact) mass is 422 g/mol. The van der Waals surface area contributed by atoms with Gasteiger partial charge in [-0.1, -0.05) is 87.1 Å². The van der Waals surface area contributed by atoms with E-state index in [9.17, 15) is 4.79 Å². The van der Waals surface area contributed by atoms with Gasteiger partial charge in [0.05, 0.1) is 11.8 Å². The fourth-order valence-electron chi connectivity index (χ4n) is 3.15. The topological polar surface area (TPSA) is 59.8 Å². The van der Waals surface area contributed by atoms with Crippen LogP contribution in [0.2, 0.25) is 0 Å². The Bertz CT molecular complexity index is 975. The Hall–Kier alpha value is -2.60. The largest absolute Gasteiger partial charge is 0.355 e. The number of benzene rings is 2. The number of thioether (sulfide) groups is 1. The summed E-state index contributed by atoms with van der Waals surface area (Å²) in [5.41, 5.74) is 3.56. The van der Waals surface area contributed by atoms with Gasteiger partial charge in [0, 0.05) is 12.1 Å². The van der Waals surface area contributed by atoms with Gasteiger partial charge < -0.3 is 5.32 Å². The summed E-state index contributed by atoms with van der Waals surface area (Å²) >= 11 is 1.44. The van der Waals surface area contributed by atoms with Gasteiger partial charge in [0.1, 0.15) is 0 Å². The molecule has 1 amide bonds. The second-order valence-electron chi connectivity index (χ2n) is 8.36. The minimum Gasteiger partial charge on any atom is -0.355 e. The maximum absolute atomic E-state index is 12.2. The molecule has 0 saturated heterocycles. The van der Waals surface area contributed by atoms with Gasteiger partial charge in [0.2, 0.25) is 5.91 Å². The lowest BCUT2D eigenvalue weighted by molar-refractivity contribution is -0.120. The van der Waals surface area contributed by atoms with Crippen LogP contribution in [0, 0.1) is 0 Å². The number of aromatic nitrogens is 3.